The lowest BCUT2D eigenvalue weighted by Gasteiger charge is -2.27. The molecule has 2 atom stereocenters. The first-order chi connectivity index (χ1) is 29.7. The Bertz CT molecular complexity index is 2700. The number of carboxylic acids is 1. The fourth-order valence-electron chi connectivity index (χ4n) is 9.62. The third-order valence-electron chi connectivity index (χ3n) is 12.7. The second kappa shape index (κ2) is 16.3. The molecule has 3 aliphatic heterocycles. The van der Waals surface area contributed by atoms with E-state index in [4.69, 9.17) is 4.42 Å². The zero-order valence-corrected chi connectivity index (χ0v) is 34.8. The molecule has 1 N–H and O–H groups in total. The topological polar surface area (TPSA) is 118 Å². The standard InChI is InChI=1S/C52H48N4O5/c1-4-6-27-54-48(35-17-13-33(14-18-35)37-21-25-44-42(30-37)41-9-8-10-43(41)56(44)39-22-11-32(3)12-23-39)46-47(51(54)58)49(55(50(46)57)28-7-5-2)36-19-15-34(16-20-36)45-26-24-40(61-45)29-38(31-53)52(59)60/h11-26,29-30,41,43H,4-10,27-28H2,1-3H3,(H,59,60)/b38-29+. The van der Waals surface area contributed by atoms with Crippen LogP contribution in [0.1, 0.15) is 92.7 Å². The number of fused-ring (bicyclic) bond motifs is 4. The van der Waals surface area contributed by atoms with Crippen molar-refractivity contribution < 1.29 is 23.9 Å². The van der Waals surface area contributed by atoms with E-state index in [1.165, 1.54) is 47.8 Å². The summed E-state index contributed by atoms with van der Waals surface area (Å²) in [6, 6.07) is 37.1. The maximum absolute atomic E-state index is 14.7. The molecule has 1 aliphatic carbocycles. The van der Waals surface area contributed by atoms with Crippen molar-refractivity contribution in [3.8, 4) is 28.5 Å². The fourth-order valence-corrected chi connectivity index (χ4v) is 9.62. The van der Waals surface area contributed by atoms with E-state index in [0.29, 0.717) is 53.3 Å². The molecule has 4 heterocycles. The average Bonchev–Trinajstić information content (AvgIpc) is 4.10. The molecule has 61 heavy (non-hydrogen) atoms. The molecule has 0 radical (unpaired) electrons. The highest BCUT2D eigenvalue weighted by molar-refractivity contribution is 6.30. The van der Waals surface area contributed by atoms with Crippen molar-refractivity contribution in [3.05, 3.63) is 148 Å². The number of anilines is 2. The number of nitrogens with zero attached hydrogens (tertiary/aromatic N) is 4. The van der Waals surface area contributed by atoms with Crippen molar-refractivity contribution in [3.63, 3.8) is 0 Å². The molecule has 1 aromatic heterocycles. The van der Waals surface area contributed by atoms with Crippen molar-refractivity contribution in [1.82, 2.24) is 9.80 Å². The number of furan rings is 1. The van der Waals surface area contributed by atoms with Crippen LogP contribution in [0.5, 0.6) is 0 Å². The van der Waals surface area contributed by atoms with E-state index in [2.05, 4.69) is 92.4 Å². The van der Waals surface area contributed by atoms with Crippen LogP contribution < -0.4 is 4.90 Å². The van der Waals surface area contributed by atoms with Crippen molar-refractivity contribution in [2.75, 3.05) is 18.0 Å². The summed E-state index contributed by atoms with van der Waals surface area (Å²) < 4.78 is 5.87. The summed E-state index contributed by atoms with van der Waals surface area (Å²) in [6.07, 6.45) is 8.15. The third-order valence-corrected chi connectivity index (χ3v) is 12.7. The number of hydrogen-bond acceptors (Lipinski definition) is 6. The predicted molar refractivity (Wildman–Crippen MR) is 238 cm³/mol. The van der Waals surface area contributed by atoms with Gasteiger partial charge >= 0.3 is 5.97 Å². The van der Waals surface area contributed by atoms with Crippen molar-refractivity contribution in [2.45, 2.75) is 77.7 Å². The lowest BCUT2D eigenvalue weighted by atomic mass is 9.93. The first-order valence-corrected chi connectivity index (χ1v) is 21.5. The van der Waals surface area contributed by atoms with Crippen molar-refractivity contribution in [1.29, 1.82) is 5.26 Å². The first kappa shape index (κ1) is 39.5. The highest BCUT2D eigenvalue weighted by atomic mass is 16.4. The zero-order chi connectivity index (χ0) is 42.4. The Morgan fingerprint density at radius 1 is 0.754 bits per heavy atom. The quantitative estimate of drug-likeness (QED) is 0.0929. The lowest BCUT2D eigenvalue weighted by Crippen LogP contribution is -2.31. The molecule has 306 valence electrons. The van der Waals surface area contributed by atoms with Gasteiger partial charge in [0.1, 0.15) is 23.2 Å². The van der Waals surface area contributed by atoms with Gasteiger partial charge in [0.2, 0.25) is 0 Å². The van der Waals surface area contributed by atoms with Crippen LogP contribution in [-0.2, 0) is 14.4 Å². The zero-order valence-electron chi connectivity index (χ0n) is 34.8. The summed E-state index contributed by atoms with van der Waals surface area (Å²) in [5, 5.41) is 18.4. The molecule has 9 nitrogen and oxygen atoms in total. The van der Waals surface area contributed by atoms with Gasteiger partial charge in [-0.1, -0.05) is 105 Å². The van der Waals surface area contributed by atoms with Crippen LogP contribution in [0.4, 0.5) is 11.4 Å². The Kier molecular flexibility index (Phi) is 10.5. The molecule has 9 heteroatoms. The number of nitriles is 1. The van der Waals surface area contributed by atoms with E-state index < -0.39 is 11.5 Å². The maximum atomic E-state index is 14.7. The minimum Gasteiger partial charge on any atom is -0.477 e. The van der Waals surface area contributed by atoms with Crippen molar-refractivity contribution in [2.24, 2.45) is 0 Å². The number of carbonyl (C=O) groups is 3. The molecule has 4 aliphatic rings. The van der Waals surface area contributed by atoms with E-state index in [-0.39, 0.29) is 17.6 Å². The molecule has 5 aromatic rings. The third kappa shape index (κ3) is 6.96. The minimum atomic E-state index is -1.33. The Labute approximate surface area is 356 Å². The van der Waals surface area contributed by atoms with Gasteiger partial charge in [-0.3, -0.25) is 9.59 Å². The molecular formula is C52H48N4O5. The largest absolute Gasteiger partial charge is 0.477 e. The van der Waals surface area contributed by atoms with Gasteiger partial charge in [0.15, 0.2) is 0 Å². The van der Waals surface area contributed by atoms with E-state index >= 15 is 0 Å². The summed E-state index contributed by atoms with van der Waals surface area (Å²) in [5.41, 5.74) is 11.5. The van der Waals surface area contributed by atoms with Gasteiger partial charge < -0.3 is 24.2 Å². The summed E-state index contributed by atoms with van der Waals surface area (Å²) in [4.78, 5) is 46.8. The number of unbranched alkanes of at least 4 members (excludes halogenated alkanes) is 2. The molecule has 0 spiro atoms. The smallest absolute Gasteiger partial charge is 0.346 e. The maximum Gasteiger partial charge on any atom is 0.346 e. The minimum absolute atomic E-state index is 0.161. The van der Waals surface area contributed by atoms with Crippen LogP contribution in [0.25, 0.3) is 39.9 Å². The number of carbonyl (C=O) groups excluding carboxylic acids is 2. The number of benzene rings is 4. The molecule has 9 rings (SSSR count). The van der Waals surface area contributed by atoms with Gasteiger partial charge in [-0.2, -0.15) is 5.26 Å². The number of rotatable bonds is 13. The molecule has 0 saturated heterocycles. The van der Waals surface area contributed by atoms with E-state index in [9.17, 15) is 24.8 Å². The van der Waals surface area contributed by atoms with E-state index in [1.54, 1.807) is 23.1 Å². The Morgan fingerprint density at radius 2 is 1.33 bits per heavy atom. The van der Waals surface area contributed by atoms with Gasteiger partial charge in [-0.05, 0) is 96.8 Å². The first-order valence-electron chi connectivity index (χ1n) is 21.5. The van der Waals surface area contributed by atoms with Crippen LogP contribution in [0.15, 0.2) is 124 Å². The van der Waals surface area contributed by atoms with Crippen LogP contribution in [-0.4, -0.2) is 51.8 Å². The second-order valence-electron chi connectivity index (χ2n) is 16.5. The summed E-state index contributed by atoms with van der Waals surface area (Å²) in [5.74, 6) is -0.414. The molecule has 2 amide bonds. The second-order valence-corrected chi connectivity index (χ2v) is 16.5. The number of aryl methyl sites for hydroxylation is 1. The van der Waals surface area contributed by atoms with E-state index in [0.717, 1.165) is 53.5 Å². The highest BCUT2D eigenvalue weighted by Crippen LogP contribution is 2.53. The number of carboxylic acid groups (broad SMARTS) is 1. The van der Waals surface area contributed by atoms with E-state index in [1.807, 2.05) is 29.2 Å². The molecule has 2 unspecified atom stereocenters. The van der Waals surface area contributed by atoms with Crippen LogP contribution >= 0.6 is 0 Å². The summed E-state index contributed by atoms with van der Waals surface area (Å²) in [6.45, 7) is 7.30. The van der Waals surface area contributed by atoms with Gasteiger partial charge in [0.25, 0.3) is 11.8 Å². The normalized spacial score (nSPS) is 18.3. The fraction of sp³-hybridized carbons (Fsp3) is 0.269. The SMILES string of the molecule is CCCCN1C(=O)C2=C(c3ccc(-c4ccc(/C=C(\C#N)C(=O)O)o4)cc3)N(CCCC)C(=O)C2=C1c1ccc(-c2ccc3c(c2)C2CCCC2N3c2ccc(C)cc2)cc1. The average molecular weight is 809 g/mol. The lowest BCUT2D eigenvalue weighted by molar-refractivity contribution is -0.132. The van der Waals surface area contributed by atoms with Crippen molar-refractivity contribution >= 4 is 46.6 Å². The monoisotopic (exact) mass is 808 g/mol. The van der Waals surface area contributed by atoms with Crippen LogP contribution in [0.3, 0.4) is 0 Å². The van der Waals surface area contributed by atoms with Gasteiger partial charge in [-0.15, -0.1) is 0 Å². The molecular weight excluding hydrogens is 761 g/mol. The Balaban J connectivity index is 1.07. The van der Waals surface area contributed by atoms with Crippen LogP contribution in [0, 0.1) is 18.3 Å². The van der Waals surface area contributed by atoms with Gasteiger partial charge in [0.05, 0.1) is 22.5 Å². The molecule has 1 fully saturated rings. The molecule has 0 bridgehead atoms. The molecule has 1 saturated carbocycles. The number of amides is 2. The Hall–Kier alpha value is -6.92. The predicted octanol–water partition coefficient (Wildman–Crippen LogP) is 11.1. The van der Waals surface area contributed by atoms with Crippen LogP contribution in [0.2, 0.25) is 0 Å². The molecule has 4 aromatic carbocycles. The summed E-state index contributed by atoms with van der Waals surface area (Å²) >= 11 is 0. The number of hydrogen-bond donors (Lipinski definition) is 1. The summed E-state index contributed by atoms with van der Waals surface area (Å²) in [7, 11) is 0. The van der Waals surface area contributed by atoms with Gasteiger partial charge in [-0.25, -0.2) is 4.79 Å². The highest BCUT2D eigenvalue weighted by Gasteiger charge is 2.48. The Morgan fingerprint density at radius 3 is 1.90 bits per heavy atom. The number of aliphatic carboxylic acids is 1. The van der Waals surface area contributed by atoms with Gasteiger partial charge in [0, 0.05) is 48.1 Å².